The molecular weight excluding hydrogens is 381 g/mol. The van der Waals surface area contributed by atoms with Crippen LogP contribution in [0.1, 0.15) is 60.6 Å². The summed E-state index contributed by atoms with van der Waals surface area (Å²) in [6, 6.07) is 1.78. The van der Waals surface area contributed by atoms with E-state index in [2.05, 4.69) is 26.2 Å². The van der Waals surface area contributed by atoms with Gasteiger partial charge in [0.1, 0.15) is 0 Å². The van der Waals surface area contributed by atoms with Crippen LogP contribution >= 0.6 is 11.3 Å². The van der Waals surface area contributed by atoms with Gasteiger partial charge in [-0.15, -0.1) is 11.3 Å². The molecule has 27 heavy (non-hydrogen) atoms. The van der Waals surface area contributed by atoms with Gasteiger partial charge < -0.3 is 5.11 Å². The third-order valence-electron chi connectivity index (χ3n) is 4.96. The second-order valence-electron chi connectivity index (χ2n) is 8.32. The van der Waals surface area contributed by atoms with Gasteiger partial charge in [0.15, 0.2) is 5.60 Å². The highest BCUT2D eigenvalue weighted by Gasteiger charge is 2.51. The lowest BCUT2D eigenvalue weighted by Crippen LogP contribution is -2.49. The Balaban J connectivity index is 1.95. The van der Waals surface area contributed by atoms with Crippen molar-refractivity contribution in [2.75, 3.05) is 0 Å². The van der Waals surface area contributed by atoms with Crippen molar-refractivity contribution in [2.24, 2.45) is 11.3 Å². The van der Waals surface area contributed by atoms with E-state index in [4.69, 9.17) is 0 Å². The quantitative estimate of drug-likeness (QED) is 0.674. The van der Waals surface area contributed by atoms with E-state index in [-0.39, 0.29) is 5.41 Å². The molecule has 3 N–H and O–H groups in total. The summed E-state index contributed by atoms with van der Waals surface area (Å²) < 4.78 is 37.8. The van der Waals surface area contributed by atoms with Crippen LogP contribution < -0.4 is 10.9 Å². The number of carbonyl (C=O) groups is 2. The summed E-state index contributed by atoms with van der Waals surface area (Å²) in [5, 5.41) is 9.31. The third-order valence-corrected chi connectivity index (χ3v) is 6.20. The number of thiophene rings is 1. The molecule has 1 aliphatic carbocycles. The van der Waals surface area contributed by atoms with Crippen LogP contribution in [0.15, 0.2) is 6.07 Å². The summed E-state index contributed by atoms with van der Waals surface area (Å²) in [6.45, 7) is 7.07. The van der Waals surface area contributed by atoms with Gasteiger partial charge >= 0.3 is 6.18 Å². The summed E-state index contributed by atoms with van der Waals surface area (Å²) in [6.07, 6.45) is -3.34. The minimum atomic E-state index is -4.94. The van der Waals surface area contributed by atoms with E-state index in [9.17, 15) is 27.9 Å². The van der Waals surface area contributed by atoms with E-state index in [1.165, 1.54) is 11.3 Å². The highest BCUT2D eigenvalue weighted by atomic mass is 32.1. The first kappa shape index (κ1) is 21.7. The molecule has 1 aromatic heterocycles. The molecule has 152 valence electrons. The molecule has 0 bridgehead atoms. The fourth-order valence-electron chi connectivity index (χ4n) is 3.02. The van der Waals surface area contributed by atoms with E-state index >= 15 is 0 Å². The molecule has 1 aliphatic rings. The van der Waals surface area contributed by atoms with Crippen LogP contribution in [0.3, 0.4) is 0 Å². The number of amides is 2. The number of halogens is 3. The molecule has 2 rings (SSSR count). The SMILES string of the molecule is CC(C)(C)[C@@H]1CCc2sc(C(=O)NNC(=O)C[C@@](C)(O)C(F)(F)F)cc2C1. The zero-order valence-corrected chi connectivity index (χ0v) is 16.6. The number of hydrogen-bond donors (Lipinski definition) is 3. The molecule has 5 nitrogen and oxygen atoms in total. The molecule has 1 aromatic rings. The minimum absolute atomic E-state index is 0.172. The molecule has 0 aromatic carbocycles. The first-order chi connectivity index (χ1) is 12.2. The van der Waals surface area contributed by atoms with Gasteiger partial charge in [0.25, 0.3) is 5.91 Å². The number of aryl methyl sites for hydroxylation is 1. The second kappa shape index (κ2) is 7.43. The van der Waals surface area contributed by atoms with Gasteiger partial charge in [-0.25, -0.2) is 0 Å². The molecule has 0 saturated carbocycles. The average molecular weight is 406 g/mol. The standard InChI is InChI=1S/C18H25F3N2O3S/c1-16(2,3)11-5-6-12-10(7-11)8-13(27-12)15(25)23-22-14(24)9-17(4,26)18(19,20)21/h8,11,26H,5-7,9H2,1-4H3,(H,22,24)(H,23,25)/t11-,17-/m1/s1. The van der Waals surface area contributed by atoms with Crippen LogP contribution in [0.25, 0.3) is 0 Å². The van der Waals surface area contributed by atoms with Gasteiger partial charge in [0.05, 0.1) is 11.3 Å². The first-order valence-corrected chi connectivity index (χ1v) is 9.52. The van der Waals surface area contributed by atoms with Crippen LogP contribution in [-0.4, -0.2) is 28.7 Å². The van der Waals surface area contributed by atoms with Crippen LogP contribution in [0.4, 0.5) is 13.2 Å². The number of hydrazine groups is 1. The second-order valence-corrected chi connectivity index (χ2v) is 9.45. The normalized spacial score (nSPS) is 19.8. The van der Waals surface area contributed by atoms with Crippen molar-refractivity contribution in [2.45, 2.75) is 65.2 Å². The molecule has 2 atom stereocenters. The summed E-state index contributed by atoms with van der Waals surface area (Å²) in [7, 11) is 0. The fraction of sp³-hybridized carbons (Fsp3) is 0.667. The molecule has 0 fully saturated rings. The Bertz CT molecular complexity index is 720. The van der Waals surface area contributed by atoms with Crippen molar-refractivity contribution in [1.82, 2.24) is 10.9 Å². The fourth-order valence-corrected chi connectivity index (χ4v) is 4.12. The summed E-state index contributed by atoms with van der Waals surface area (Å²) in [5.74, 6) is -1.19. The maximum Gasteiger partial charge on any atom is 0.417 e. The van der Waals surface area contributed by atoms with Crippen molar-refractivity contribution in [3.63, 3.8) is 0 Å². The Morgan fingerprint density at radius 3 is 2.41 bits per heavy atom. The van der Waals surface area contributed by atoms with Gasteiger partial charge in [0, 0.05) is 4.88 Å². The third kappa shape index (κ3) is 5.22. The zero-order valence-electron chi connectivity index (χ0n) is 15.8. The number of carbonyl (C=O) groups excluding carboxylic acids is 2. The average Bonchev–Trinajstić information content (AvgIpc) is 2.93. The number of alkyl halides is 3. The maximum atomic E-state index is 12.6. The van der Waals surface area contributed by atoms with Gasteiger partial charge in [-0.05, 0) is 49.1 Å². The monoisotopic (exact) mass is 406 g/mol. The lowest BCUT2D eigenvalue weighted by Gasteiger charge is -2.33. The van der Waals surface area contributed by atoms with Gasteiger partial charge in [-0.1, -0.05) is 20.8 Å². The Hall–Kier alpha value is -1.61. The van der Waals surface area contributed by atoms with Crippen LogP contribution in [-0.2, 0) is 17.6 Å². The first-order valence-electron chi connectivity index (χ1n) is 8.70. The van der Waals surface area contributed by atoms with Crippen molar-refractivity contribution < 1.29 is 27.9 Å². The summed E-state index contributed by atoms with van der Waals surface area (Å²) in [4.78, 5) is 25.3. The molecule has 9 heteroatoms. The van der Waals surface area contributed by atoms with Crippen molar-refractivity contribution >= 4 is 23.2 Å². The molecule has 0 aliphatic heterocycles. The molecule has 0 radical (unpaired) electrons. The number of rotatable bonds is 3. The van der Waals surface area contributed by atoms with Crippen LogP contribution in [0.5, 0.6) is 0 Å². The highest BCUT2D eigenvalue weighted by molar-refractivity contribution is 7.14. The zero-order chi connectivity index (χ0) is 20.6. The van der Waals surface area contributed by atoms with E-state index in [1.807, 2.05) is 5.43 Å². The maximum absolute atomic E-state index is 12.6. The Labute approximate surface area is 160 Å². The van der Waals surface area contributed by atoms with Crippen molar-refractivity contribution in [1.29, 1.82) is 0 Å². The highest BCUT2D eigenvalue weighted by Crippen LogP contribution is 2.40. The predicted molar refractivity (Wildman–Crippen MR) is 96.2 cm³/mol. The summed E-state index contributed by atoms with van der Waals surface area (Å²) >= 11 is 1.33. The Morgan fingerprint density at radius 2 is 1.85 bits per heavy atom. The molecular formula is C18H25F3N2O3S. The molecule has 0 spiro atoms. The van der Waals surface area contributed by atoms with E-state index in [0.717, 1.165) is 29.7 Å². The van der Waals surface area contributed by atoms with E-state index < -0.39 is 30.0 Å². The smallest absolute Gasteiger partial charge is 0.380 e. The summed E-state index contributed by atoms with van der Waals surface area (Å²) in [5.41, 5.74) is 2.17. The number of nitrogens with one attached hydrogen (secondary N) is 2. The van der Waals surface area contributed by atoms with Gasteiger partial charge in [-0.3, -0.25) is 20.4 Å². The van der Waals surface area contributed by atoms with Crippen LogP contribution in [0, 0.1) is 11.3 Å². The van der Waals surface area contributed by atoms with E-state index in [0.29, 0.717) is 17.7 Å². The molecule has 2 amide bonds. The Kier molecular flexibility index (Phi) is 5.96. The number of aliphatic hydroxyl groups is 1. The lowest BCUT2D eigenvalue weighted by atomic mass is 9.72. The molecule has 0 unspecified atom stereocenters. The minimum Gasteiger partial charge on any atom is -0.380 e. The van der Waals surface area contributed by atoms with Crippen LogP contribution in [0.2, 0.25) is 0 Å². The predicted octanol–water partition coefficient (Wildman–Crippen LogP) is 3.36. The number of fused-ring (bicyclic) bond motifs is 1. The largest absolute Gasteiger partial charge is 0.417 e. The molecule has 1 heterocycles. The lowest BCUT2D eigenvalue weighted by molar-refractivity contribution is -0.253. The van der Waals surface area contributed by atoms with E-state index in [1.54, 1.807) is 6.07 Å². The molecule has 0 saturated heterocycles. The topological polar surface area (TPSA) is 78.4 Å². The Morgan fingerprint density at radius 1 is 1.22 bits per heavy atom. The van der Waals surface area contributed by atoms with Crippen molar-refractivity contribution in [3.8, 4) is 0 Å². The number of hydrogen-bond acceptors (Lipinski definition) is 4. The van der Waals surface area contributed by atoms with Gasteiger partial charge in [0.2, 0.25) is 5.91 Å². The van der Waals surface area contributed by atoms with Gasteiger partial charge in [-0.2, -0.15) is 13.2 Å². The van der Waals surface area contributed by atoms with Crippen molar-refractivity contribution in [3.05, 3.63) is 21.4 Å².